The lowest BCUT2D eigenvalue weighted by Gasteiger charge is -2.56. The molecule has 6 atom stereocenters. The minimum atomic E-state index is -2.23. The Morgan fingerprint density at radius 3 is 2.49 bits per heavy atom. The fourth-order valence-corrected chi connectivity index (χ4v) is 7.81. The van der Waals surface area contributed by atoms with Crippen LogP contribution in [0.3, 0.4) is 0 Å². The minimum absolute atomic E-state index is 0.00130. The van der Waals surface area contributed by atoms with Gasteiger partial charge in [0.1, 0.15) is 6.08 Å². The maximum Gasteiger partial charge on any atom is 0.404 e. The van der Waals surface area contributed by atoms with Crippen molar-refractivity contribution in [3.63, 3.8) is 0 Å². The summed E-state index contributed by atoms with van der Waals surface area (Å²) in [7, 11) is -0.425. The fourth-order valence-electron chi connectivity index (χ4n) is 6.40. The molecule has 1 aromatic rings. The summed E-state index contributed by atoms with van der Waals surface area (Å²) < 4.78 is 22.8. The minimum Gasteiger partial charge on any atom is -0.445 e. The number of primary amides is 1. The molecule has 0 unspecified atom stereocenters. The molecule has 1 fully saturated rings. The van der Waals surface area contributed by atoms with Gasteiger partial charge in [0.05, 0.1) is 13.4 Å². The first-order valence-corrected chi connectivity index (χ1v) is 15.5. The van der Waals surface area contributed by atoms with Crippen molar-refractivity contribution in [3.05, 3.63) is 42.0 Å². The van der Waals surface area contributed by atoms with E-state index in [-0.39, 0.29) is 17.0 Å². The number of nitrogens with zero attached hydrogens (tertiary/aromatic N) is 1. The molecule has 35 heavy (non-hydrogen) atoms. The molecule has 2 amide bonds. The molecular formula is C28H42N2O4Si. The molecule has 6 nitrogen and oxygen atoms in total. The molecule has 0 aromatic heterocycles. The van der Waals surface area contributed by atoms with E-state index in [1.807, 2.05) is 45.2 Å². The number of rotatable bonds is 4. The van der Waals surface area contributed by atoms with E-state index < -0.39 is 49.1 Å². The SMILES string of the molecule is [2H][C@]1(OC(N)=O)[C@@H]2C[C@H](O[Si](C)(C)C(C)(C)C)[C@@](C)(C=C)[C@H]1c1cccc3c1[C@H](C(=O)N3C)C2(C)C. The van der Waals surface area contributed by atoms with Gasteiger partial charge in [-0.25, -0.2) is 4.79 Å². The van der Waals surface area contributed by atoms with Gasteiger partial charge in [-0.1, -0.05) is 59.8 Å². The van der Waals surface area contributed by atoms with Crippen LogP contribution in [0.5, 0.6) is 0 Å². The van der Waals surface area contributed by atoms with Crippen LogP contribution >= 0.6 is 0 Å². The van der Waals surface area contributed by atoms with Crippen molar-refractivity contribution >= 4 is 26.0 Å². The molecule has 0 radical (unpaired) electrons. The second-order valence-electron chi connectivity index (χ2n) is 12.9. The van der Waals surface area contributed by atoms with E-state index in [2.05, 4.69) is 47.4 Å². The Morgan fingerprint density at radius 2 is 1.94 bits per heavy atom. The van der Waals surface area contributed by atoms with Crippen molar-refractivity contribution in [2.24, 2.45) is 22.5 Å². The Kier molecular flexibility index (Phi) is 5.57. The van der Waals surface area contributed by atoms with Crippen LogP contribution in [0, 0.1) is 16.7 Å². The van der Waals surface area contributed by atoms with Crippen LogP contribution in [-0.4, -0.2) is 39.5 Å². The zero-order valence-corrected chi connectivity index (χ0v) is 23.7. The predicted octanol–water partition coefficient (Wildman–Crippen LogP) is 5.94. The Bertz CT molecular complexity index is 1130. The highest BCUT2D eigenvalue weighted by Gasteiger charge is 2.64. The maximum absolute atomic E-state index is 13.7. The van der Waals surface area contributed by atoms with Gasteiger partial charge in [0.2, 0.25) is 5.91 Å². The molecule has 7 heteroatoms. The Balaban J connectivity index is 2.06. The number of amides is 2. The van der Waals surface area contributed by atoms with E-state index in [4.69, 9.17) is 14.9 Å². The molecule has 1 heterocycles. The average molecular weight is 500 g/mol. The van der Waals surface area contributed by atoms with Crippen LogP contribution in [0.1, 0.15) is 72.3 Å². The Hall–Kier alpha value is -2.12. The second-order valence-corrected chi connectivity index (χ2v) is 17.7. The summed E-state index contributed by atoms with van der Waals surface area (Å²) in [6, 6.07) is 5.85. The zero-order valence-electron chi connectivity index (χ0n) is 23.7. The van der Waals surface area contributed by atoms with E-state index in [0.717, 1.165) is 16.8 Å². The largest absolute Gasteiger partial charge is 0.445 e. The first-order valence-electron chi connectivity index (χ1n) is 13.0. The number of carbonyl (C=O) groups excluding carboxylic acids is 2. The molecule has 3 aliphatic rings. The lowest BCUT2D eigenvalue weighted by Crippen LogP contribution is -2.59. The summed E-state index contributed by atoms with van der Waals surface area (Å²) in [6.07, 6.45) is -0.645. The number of likely N-dealkylation sites (N-methyl/N-ethyl adjacent to an activating group) is 1. The summed E-state index contributed by atoms with van der Waals surface area (Å²) in [5, 5.41) is -0.0211. The summed E-state index contributed by atoms with van der Waals surface area (Å²) in [4.78, 5) is 27.8. The van der Waals surface area contributed by atoms with Gasteiger partial charge in [0.25, 0.3) is 0 Å². The molecule has 4 rings (SSSR count). The van der Waals surface area contributed by atoms with Crippen LogP contribution in [0.15, 0.2) is 30.9 Å². The standard InChI is InChI=1S/C28H42N2O4Si/c1-11-28(7)19(34-35(9,10)26(2,3)4)15-17-23(33-25(29)32)21(28)16-13-12-14-18-20(16)22(27(17,5)6)24(31)30(18)8/h11-14,17,19,21-23H,1,15H2,2-10H3,(H2,29,32)/t17-,19-,21-,22+,23-,28+/m0/s1/i23D. The normalized spacial score (nSPS) is 36.2. The molecule has 2 aliphatic carbocycles. The third-order valence-electron chi connectivity index (χ3n) is 9.59. The van der Waals surface area contributed by atoms with Gasteiger partial charge >= 0.3 is 6.09 Å². The second kappa shape index (κ2) is 7.94. The van der Waals surface area contributed by atoms with Crippen molar-refractivity contribution in [3.8, 4) is 0 Å². The fraction of sp³-hybridized carbons (Fsp3) is 0.643. The van der Waals surface area contributed by atoms with Crippen molar-refractivity contribution < 1.29 is 20.1 Å². The van der Waals surface area contributed by atoms with Gasteiger partial charge in [0.15, 0.2) is 8.32 Å². The average Bonchev–Trinajstić information content (AvgIpc) is 2.98. The first-order chi connectivity index (χ1) is 16.3. The number of carbonyl (C=O) groups is 2. The number of fused-ring (bicyclic) bond motifs is 3. The number of nitrogens with two attached hydrogens (primary N) is 1. The Morgan fingerprint density at radius 1 is 1.31 bits per heavy atom. The monoisotopic (exact) mass is 499 g/mol. The molecule has 192 valence electrons. The summed E-state index contributed by atoms with van der Waals surface area (Å²) in [6.45, 7) is 21.4. The van der Waals surface area contributed by atoms with E-state index in [1.54, 1.807) is 4.90 Å². The van der Waals surface area contributed by atoms with Gasteiger partial charge in [0, 0.05) is 30.0 Å². The van der Waals surface area contributed by atoms with Gasteiger partial charge in [-0.05, 0) is 47.2 Å². The molecule has 1 aromatic carbocycles. The highest BCUT2D eigenvalue weighted by molar-refractivity contribution is 6.74. The lowest BCUT2D eigenvalue weighted by atomic mass is 9.55. The topological polar surface area (TPSA) is 81.9 Å². The zero-order chi connectivity index (χ0) is 27.2. The molecule has 1 saturated carbocycles. The summed E-state index contributed by atoms with van der Waals surface area (Å²) in [5.74, 6) is -1.60. The number of ether oxygens (including phenoxy) is 1. The van der Waals surface area contributed by atoms with Gasteiger partial charge < -0.3 is 19.8 Å². The van der Waals surface area contributed by atoms with Crippen LogP contribution in [0.4, 0.5) is 10.5 Å². The van der Waals surface area contributed by atoms with Crippen LogP contribution in [-0.2, 0) is 14.0 Å². The van der Waals surface area contributed by atoms with Crippen LogP contribution in [0.25, 0.3) is 0 Å². The van der Waals surface area contributed by atoms with Crippen molar-refractivity contribution in [2.45, 2.75) is 90.1 Å². The van der Waals surface area contributed by atoms with Crippen molar-refractivity contribution in [1.82, 2.24) is 0 Å². The molecule has 2 N–H and O–H groups in total. The van der Waals surface area contributed by atoms with E-state index in [1.165, 1.54) is 0 Å². The Labute approximate surface area is 212 Å². The smallest absolute Gasteiger partial charge is 0.404 e. The number of hydrogen-bond acceptors (Lipinski definition) is 4. The predicted molar refractivity (Wildman–Crippen MR) is 142 cm³/mol. The summed E-state index contributed by atoms with van der Waals surface area (Å²) in [5.41, 5.74) is 6.76. The maximum atomic E-state index is 13.7. The van der Waals surface area contributed by atoms with Gasteiger partial charge in [-0.3, -0.25) is 4.79 Å². The lowest BCUT2D eigenvalue weighted by molar-refractivity contribution is -0.129. The quantitative estimate of drug-likeness (QED) is 0.411. The summed E-state index contributed by atoms with van der Waals surface area (Å²) >= 11 is 0. The van der Waals surface area contributed by atoms with E-state index in [0.29, 0.717) is 6.42 Å². The molecule has 0 spiro atoms. The highest BCUT2D eigenvalue weighted by atomic mass is 28.4. The molecule has 0 saturated heterocycles. The molecule has 2 bridgehead atoms. The number of anilines is 1. The van der Waals surface area contributed by atoms with Gasteiger partial charge in [-0.15, -0.1) is 6.58 Å². The molecular weight excluding hydrogens is 456 g/mol. The van der Waals surface area contributed by atoms with E-state index in [9.17, 15) is 11.0 Å². The third-order valence-corrected chi connectivity index (χ3v) is 14.1. The van der Waals surface area contributed by atoms with Crippen molar-refractivity contribution in [1.29, 1.82) is 0 Å². The first kappa shape index (κ1) is 24.6. The molecule has 1 aliphatic heterocycles. The van der Waals surface area contributed by atoms with Crippen molar-refractivity contribution in [2.75, 3.05) is 11.9 Å². The number of benzene rings is 1. The third kappa shape index (κ3) is 3.60. The van der Waals surface area contributed by atoms with Gasteiger partial charge in [-0.2, -0.15) is 0 Å². The van der Waals surface area contributed by atoms with Crippen LogP contribution < -0.4 is 10.6 Å². The highest BCUT2D eigenvalue weighted by Crippen LogP contribution is 2.65. The number of hydrogen-bond donors (Lipinski definition) is 1. The van der Waals surface area contributed by atoms with Crippen LogP contribution in [0.2, 0.25) is 18.1 Å². The van der Waals surface area contributed by atoms with E-state index >= 15 is 0 Å².